The standard InChI is InChI=1S/C19H28O.2C18H26O2.C16H26O.C16H24O.C11H17F3O3S.C7H12O/c1-14(8-7-9-17(4)20)10-11-18-16(3)12-15(2)13-19(18,5)6;2*1-13(7-6-8-15(3)19)9-10-17-14(2)11-16(20)12-18(17,4)5;2*1-12(8-9-17)6-7-15-14(3)10-13(2)11-16(15,4)5;1-7-5-8(2)9(10(3,4)6-7)17-18(15,16)11(12,13)14;1-3-4-7(2)5-6-8/h7-11,15H,12-13H2,1-6H3;2*6-10,16,20H,11-12H2,1-5H3;6-8,13,17H,9-11H2,1-5H3;6-9,13H,10-11H2,1-5H3;7H,5-6H2,1-4H3;3-5,8H,6H2,1-2H3/b9-7+,11-10+,14-8-;8-6+,10-9+,13-7+;8-6+,10-9+,13-7-;2*7-6+,12-8-;;4-3+,7-5-/t15-;2*16-;2*13-;7-;/m111111./s1. The summed E-state index contributed by atoms with van der Waals surface area (Å²) in [6.07, 6.45) is 58.5. The fourth-order valence-electron chi connectivity index (χ4n) is 17.9. The summed E-state index contributed by atoms with van der Waals surface area (Å²) in [4.78, 5) is 42.9. The molecule has 6 aliphatic carbocycles. The molecule has 6 aliphatic rings. The molecule has 0 saturated heterocycles. The Morgan fingerprint density at radius 1 is 0.383 bits per heavy atom. The van der Waals surface area contributed by atoms with E-state index in [1.165, 1.54) is 94.3 Å². The minimum absolute atomic E-state index is 0.00769. The van der Waals surface area contributed by atoms with Crippen LogP contribution in [0.25, 0.3) is 0 Å². The van der Waals surface area contributed by atoms with Gasteiger partial charge >= 0.3 is 15.6 Å². The number of halogens is 3. The number of aliphatic hydroxyl groups excluding tert-OH is 4. The van der Waals surface area contributed by atoms with Gasteiger partial charge in [-0.25, -0.2) is 0 Å². The molecule has 0 aliphatic heterocycles. The zero-order valence-corrected chi connectivity index (χ0v) is 80.8. The molecule has 15 heteroatoms. The number of ketones is 3. The Morgan fingerprint density at radius 2 is 0.625 bits per heavy atom. The number of hydrogen-bond acceptors (Lipinski definition) is 11. The Labute approximate surface area is 726 Å². The molecule has 4 N–H and O–H groups in total. The van der Waals surface area contributed by atoms with E-state index in [2.05, 4.69) is 190 Å². The van der Waals surface area contributed by atoms with Gasteiger partial charge in [0.15, 0.2) is 17.3 Å². The zero-order valence-electron chi connectivity index (χ0n) is 80.0. The van der Waals surface area contributed by atoms with E-state index in [1.54, 1.807) is 84.1 Å². The Morgan fingerprint density at radius 3 is 0.858 bits per heavy atom. The van der Waals surface area contributed by atoms with E-state index in [9.17, 15) is 51.0 Å². The third-order valence-electron chi connectivity index (χ3n) is 22.3. The highest BCUT2D eigenvalue weighted by Gasteiger charge is 2.51. The van der Waals surface area contributed by atoms with Crippen LogP contribution in [0.2, 0.25) is 0 Å². The summed E-state index contributed by atoms with van der Waals surface area (Å²) < 4.78 is 63.4. The fourth-order valence-corrected chi connectivity index (χ4v) is 18.6. The fraction of sp³-hybridized carbons (Fsp3) is 0.562. The molecular formula is C105H159F3O11S. The Kier molecular flexibility index (Phi) is 49.1. The van der Waals surface area contributed by atoms with E-state index in [0.717, 1.165) is 83.2 Å². The van der Waals surface area contributed by atoms with Crippen molar-refractivity contribution in [2.75, 3.05) is 13.2 Å². The van der Waals surface area contributed by atoms with Crippen LogP contribution in [0.5, 0.6) is 0 Å². The maximum absolute atomic E-state index is 12.3. The maximum atomic E-state index is 12.3. The first-order valence-corrected chi connectivity index (χ1v) is 44.3. The van der Waals surface area contributed by atoms with Gasteiger partial charge in [-0.15, -0.1) is 0 Å². The van der Waals surface area contributed by atoms with Crippen LogP contribution in [0, 0.1) is 56.2 Å². The number of aldehydes is 1. The van der Waals surface area contributed by atoms with Gasteiger partial charge in [0.25, 0.3) is 0 Å². The van der Waals surface area contributed by atoms with Gasteiger partial charge in [-0.2, -0.15) is 21.6 Å². The van der Waals surface area contributed by atoms with E-state index in [-0.39, 0.29) is 75.6 Å². The summed E-state index contributed by atoms with van der Waals surface area (Å²) in [5.41, 5.74) is 15.9. The molecule has 0 saturated carbocycles. The highest BCUT2D eigenvalue weighted by atomic mass is 32.2. The van der Waals surface area contributed by atoms with E-state index >= 15 is 0 Å². The lowest BCUT2D eigenvalue weighted by molar-refractivity contribution is -0.113. The number of hydrogen-bond donors (Lipinski definition) is 4. The first-order chi connectivity index (χ1) is 55.1. The van der Waals surface area contributed by atoms with Crippen molar-refractivity contribution >= 4 is 33.8 Å². The SMILES string of the molecule is C/C=C/C(C)=C\CO.CC(=O)/C=C/C=C(C)/C=C/C1=C(C)C[C@@H](O)CC1(C)C.CC(=O)/C=C/C=C(C)\C=C\C1=C(C)C[C@@H](C)CC1(C)C.CC(=O)/C=C/C=C(C)\C=C\C1=C(C)C[C@@H](O)CC1(C)C.CC1=C(/C=C/C(C)=C\C=O)C(C)(C)C[C@H](C)C1.CC1=C(/C=C/C(C)=C\CO)C(C)(C)C[C@H](C)C1.CC1=C(OS(=O)(=O)C(F)(F)F)C(C)(C)C[C@H](C)C1. The van der Waals surface area contributed by atoms with Crippen LogP contribution in [0.15, 0.2) is 246 Å². The molecule has 0 aromatic rings. The lowest BCUT2D eigenvalue weighted by atomic mass is 9.69. The second kappa shape index (κ2) is 52.3. The number of allylic oxidation sites excluding steroid dienone is 38. The molecular weight excluding hydrogens is 1530 g/mol. The maximum Gasteiger partial charge on any atom is 0.534 e. The lowest BCUT2D eigenvalue weighted by Gasteiger charge is -2.36. The van der Waals surface area contributed by atoms with Crippen molar-refractivity contribution in [1.82, 2.24) is 0 Å². The van der Waals surface area contributed by atoms with Gasteiger partial charge < -0.3 is 24.6 Å². The summed E-state index contributed by atoms with van der Waals surface area (Å²) in [6.45, 7) is 66.4. The van der Waals surface area contributed by atoms with Crippen LogP contribution in [0.3, 0.4) is 0 Å². The Bertz CT molecular complexity index is 4030. The summed E-state index contributed by atoms with van der Waals surface area (Å²) in [5, 5.41) is 36.9. The molecule has 11 nitrogen and oxygen atoms in total. The smallest absolute Gasteiger partial charge is 0.393 e. The average Bonchev–Trinajstić information content (AvgIpc) is 1.11. The molecule has 0 spiro atoms. The minimum Gasteiger partial charge on any atom is -0.393 e. The molecule has 0 amide bonds. The predicted octanol–water partition coefficient (Wildman–Crippen LogP) is 27.5. The van der Waals surface area contributed by atoms with Crippen molar-refractivity contribution in [3.8, 4) is 0 Å². The van der Waals surface area contributed by atoms with Crippen LogP contribution in [0.4, 0.5) is 13.2 Å². The summed E-state index contributed by atoms with van der Waals surface area (Å²) in [5.74, 6) is 2.75. The molecule has 0 unspecified atom stereocenters. The molecule has 0 bridgehead atoms. The quantitative estimate of drug-likeness (QED) is 0.0265. The average molecular weight is 1690 g/mol. The number of rotatable bonds is 22. The van der Waals surface area contributed by atoms with E-state index < -0.39 is 21.0 Å². The van der Waals surface area contributed by atoms with Crippen molar-refractivity contribution in [2.24, 2.45) is 56.2 Å². The topological polar surface area (TPSA) is 193 Å². The van der Waals surface area contributed by atoms with Gasteiger partial charge in [-0.1, -0.05) is 288 Å². The summed E-state index contributed by atoms with van der Waals surface area (Å²) >= 11 is 0. The second-order valence-electron chi connectivity index (χ2n) is 38.7. The molecule has 120 heavy (non-hydrogen) atoms. The number of alkyl halides is 3. The molecule has 6 rings (SSSR count). The number of aliphatic hydroxyl groups is 4. The van der Waals surface area contributed by atoms with Crippen molar-refractivity contribution in [1.29, 1.82) is 0 Å². The molecule has 0 radical (unpaired) electrons. The molecule has 6 atom stereocenters. The minimum atomic E-state index is -5.58. The van der Waals surface area contributed by atoms with Crippen molar-refractivity contribution < 1.29 is 65.4 Å². The lowest BCUT2D eigenvalue weighted by Crippen LogP contribution is -2.32. The van der Waals surface area contributed by atoms with Crippen LogP contribution in [-0.2, 0) is 33.5 Å². The third-order valence-corrected chi connectivity index (χ3v) is 23.2. The van der Waals surface area contributed by atoms with Crippen LogP contribution in [-0.4, -0.2) is 83.4 Å². The highest BCUT2D eigenvalue weighted by molar-refractivity contribution is 7.87. The van der Waals surface area contributed by atoms with E-state index in [0.29, 0.717) is 24.3 Å². The van der Waals surface area contributed by atoms with Gasteiger partial charge in [0.05, 0.1) is 25.4 Å². The van der Waals surface area contributed by atoms with Crippen molar-refractivity contribution in [3.63, 3.8) is 0 Å². The van der Waals surface area contributed by atoms with Crippen LogP contribution >= 0.6 is 0 Å². The monoisotopic (exact) mass is 1690 g/mol. The predicted molar refractivity (Wildman–Crippen MR) is 502 cm³/mol. The van der Waals surface area contributed by atoms with Gasteiger partial charge in [0.1, 0.15) is 12.0 Å². The van der Waals surface area contributed by atoms with Crippen LogP contribution < -0.4 is 0 Å². The Balaban J connectivity index is 0.00000139. The normalized spacial score (nSPS) is 23.9. The molecule has 672 valence electrons. The zero-order chi connectivity index (χ0) is 92.9. The largest absolute Gasteiger partial charge is 0.534 e. The van der Waals surface area contributed by atoms with Gasteiger partial charge in [-0.05, 0) is 302 Å². The van der Waals surface area contributed by atoms with Gasteiger partial charge in [-0.3, -0.25) is 19.2 Å². The highest BCUT2D eigenvalue weighted by Crippen LogP contribution is 2.49. The van der Waals surface area contributed by atoms with Crippen molar-refractivity contribution in [2.45, 2.75) is 316 Å². The number of carbonyl (C=O) groups excluding carboxylic acids is 4. The third kappa shape index (κ3) is 43.1. The van der Waals surface area contributed by atoms with Crippen LogP contribution in [0.1, 0.15) is 299 Å². The first-order valence-electron chi connectivity index (χ1n) is 42.9. The first kappa shape index (κ1) is 113. The molecule has 0 heterocycles. The van der Waals surface area contributed by atoms with Gasteiger partial charge in [0.2, 0.25) is 0 Å². The molecule has 0 aromatic carbocycles. The second-order valence-corrected chi connectivity index (χ2v) is 40.2. The number of carbonyl (C=O) groups is 4. The summed E-state index contributed by atoms with van der Waals surface area (Å²) in [6, 6.07) is 0. The molecule has 0 aromatic heterocycles. The molecule has 0 fully saturated rings. The summed E-state index contributed by atoms with van der Waals surface area (Å²) in [7, 11) is -5.58. The van der Waals surface area contributed by atoms with Crippen molar-refractivity contribution in [3.05, 3.63) is 246 Å². The van der Waals surface area contributed by atoms with E-state index in [1.807, 2.05) is 97.1 Å². The van der Waals surface area contributed by atoms with Gasteiger partial charge in [0, 0.05) is 5.41 Å². The Hall–Kier alpha value is -7.40. The van der Waals surface area contributed by atoms with E-state index in [4.69, 9.17) is 10.2 Å².